The highest BCUT2D eigenvalue weighted by atomic mass is 32.1. The van der Waals surface area contributed by atoms with E-state index in [1.165, 1.54) is 10.4 Å². The molecule has 4 heterocycles. The van der Waals surface area contributed by atoms with E-state index in [1.54, 1.807) is 17.4 Å². The number of thiophene rings is 1. The third kappa shape index (κ3) is 3.79. The molecule has 2 aromatic heterocycles. The smallest absolute Gasteiger partial charge is 0.254 e. The van der Waals surface area contributed by atoms with Gasteiger partial charge < -0.3 is 20.1 Å². The molecule has 0 bridgehead atoms. The van der Waals surface area contributed by atoms with Crippen LogP contribution in [0.5, 0.6) is 0 Å². The number of hydrogen-bond acceptors (Lipinski definition) is 6. The molecule has 6 nitrogen and oxygen atoms in total. The number of piperidine rings is 1. The Bertz CT molecular complexity index is 900. The number of likely N-dealkylation sites (tertiary alicyclic amines) is 1. The van der Waals surface area contributed by atoms with Crippen LogP contribution in [0.25, 0.3) is 10.6 Å². The average molecular weight is 416 g/mol. The van der Waals surface area contributed by atoms with Gasteiger partial charge in [-0.2, -0.15) is 0 Å². The lowest BCUT2D eigenvalue weighted by Crippen LogP contribution is -2.53. The first-order valence-electron chi connectivity index (χ1n) is 10.3. The Labute approximate surface area is 176 Å². The summed E-state index contributed by atoms with van der Waals surface area (Å²) in [7, 11) is 0. The zero-order valence-electron chi connectivity index (χ0n) is 17.4. The highest BCUT2D eigenvalue weighted by Gasteiger charge is 2.44. The average Bonchev–Trinajstić information content (AvgIpc) is 3.14. The summed E-state index contributed by atoms with van der Waals surface area (Å²) in [5.41, 5.74) is 6.96. The topological polar surface area (TPSA) is 77.7 Å². The number of nitrogens with zero attached hydrogens (tertiary/aromatic N) is 2. The largest absolute Gasteiger partial charge is 0.384 e. The number of carbonyl (C=O) groups excluding carboxylic acids is 1. The lowest BCUT2D eigenvalue weighted by atomic mass is 9.82. The van der Waals surface area contributed by atoms with Crippen LogP contribution in [0.4, 0.5) is 5.82 Å². The van der Waals surface area contributed by atoms with Crippen molar-refractivity contribution in [3.05, 3.63) is 34.7 Å². The summed E-state index contributed by atoms with van der Waals surface area (Å²) >= 11 is 1.78. The van der Waals surface area contributed by atoms with Crippen molar-refractivity contribution in [3.63, 3.8) is 0 Å². The number of anilines is 1. The molecule has 1 spiro atoms. The van der Waals surface area contributed by atoms with Gasteiger partial charge in [0.2, 0.25) is 0 Å². The number of fused-ring (bicyclic) bond motifs is 2. The molecule has 7 heteroatoms. The number of carbonyl (C=O) groups is 1. The zero-order chi connectivity index (χ0) is 20.6. The van der Waals surface area contributed by atoms with Crippen molar-refractivity contribution >= 4 is 23.1 Å². The molecule has 29 heavy (non-hydrogen) atoms. The highest BCUT2D eigenvalue weighted by Crippen LogP contribution is 2.46. The molecule has 0 atom stereocenters. The molecule has 0 aliphatic carbocycles. The number of ether oxygens (including phenoxy) is 2. The van der Waals surface area contributed by atoms with E-state index in [0.717, 1.165) is 36.4 Å². The van der Waals surface area contributed by atoms with Crippen LogP contribution >= 0.6 is 11.3 Å². The van der Waals surface area contributed by atoms with Gasteiger partial charge in [-0.1, -0.05) is 6.07 Å². The molecule has 2 aromatic rings. The van der Waals surface area contributed by atoms with Crippen LogP contribution in [0.3, 0.4) is 0 Å². The van der Waals surface area contributed by atoms with Crippen LogP contribution in [0.2, 0.25) is 0 Å². The predicted octanol–water partition coefficient (Wildman–Crippen LogP) is 3.60. The van der Waals surface area contributed by atoms with Crippen molar-refractivity contribution in [1.82, 2.24) is 9.88 Å². The van der Waals surface area contributed by atoms with E-state index in [1.807, 2.05) is 37.8 Å². The highest BCUT2D eigenvalue weighted by molar-refractivity contribution is 7.15. The maximum Gasteiger partial charge on any atom is 0.254 e. The number of pyridine rings is 1. The molecule has 2 aliphatic rings. The minimum Gasteiger partial charge on any atom is -0.384 e. The lowest BCUT2D eigenvalue weighted by Gasteiger charge is -2.45. The first-order chi connectivity index (χ1) is 13.8. The molecule has 0 radical (unpaired) electrons. The summed E-state index contributed by atoms with van der Waals surface area (Å²) in [5.74, 6) is 0.587. The summed E-state index contributed by atoms with van der Waals surface area (Å²) in [6, 6.07) is 7.96. The Morgan fingerprint density at radius 3 is 2.83 bits per heavy atom. The van der Waals surface area contributed by atoms with Crippen LogP contribution in [0.15, 0.2) is 24.3 Å². The van der Waals surface area contributed by atoms with Crippen molar-refractivity contribution in [3.8, 4) is 10.6 Å². The fourth-order valence-electron chi connectivity index (χ4n) is 4.42. The second-order valence-electron chi connectivity index (χ2n) is 8.22. The van der Waals surface area contributed by atoms with E-state index < -0.39 is 5.60 Å². The normalized spacial score (nSPS) is 18.7. The molecule has 0 saturated carbocycles. The van der Waals surface area contributed by atoms with Gasteiger partial charge in [-0.05, 0) is 57.4 Å². The molecule has 1 fully saturated rings. The van der Waals surface area contributed by atoms with Gasteiger partial charge in [0.15, 0.2) is 0 Å². The van der Waals surface area contributed by atoms with E-state index in [4.69, 9.17) is 15.2 Å². The third-order valence-electron chi connectivity index (χ3n) is 5.91. The van der Waals surface area contributed by atoms with E-state index in [9.17, 15) is 4.79 Å². The van der Waals surface area contributed by atoms with Gasteiger partial charge in [-0.3, -0.25) is 4.79 Å². The number of nitrogens with two attached hydrogens (primary N) is 1. The second-order valence-corrected chi connectivity index (χ2v) is 9.36. The van der Waals surface area contributed by atoms with Gasteiger partial charge in [0.25, 0.3) is 5.91 Å². The Balaban J connectivity index is 1.55. The Morgan fingerprint density at radius 2 is 2.14 bits per heavy atom. The quantitative estimate of drug-likeness (QED) is 0.826. The molecule has 2 N–H and O–H groups in total. The molecule has 1 saturated heterocycles. The zero-order valence-corrected chi connectivity index (χ0v) is 18.2. The van der Waals surface area contributed by atoms with Crippen LogP contribution in [-0.4, -0.2) is 47.7 Å². The first-order valence-corrected chi connectivity index (χ1v) is 11.1. The van der Waals surface area contributed by atoms with Crippen LogP contribution in [0.1, 0.15) is 44.1 Å². The van der Waals surface area contributed by atoms with Crippen molar-refractivity contribution < 1.29 is 14.3 Å². The number of aromatic nitrogens is 1. The van der Waals surface area contributed by atoms with Crippen molar-refractivity contribution in [1.29, 1.82) is 0 Å². The number of rotatable bonds is 4. The fourth-order valence-corrected chi connectivity index (χ4v) is 5.62. The van der Waals surface area contributed by atoms with E-state index in [-0.39, 0.29) is 11.5 Å². The summed E-state index contributed by atoms with van der Waals surface area (Å²) in [6.45, 7) is 8.21. The van der Waals surface area contributed by atoms with Gasteiger partial charge >= 0.3 is 0 Å². The molecule has 2 aliphatic heterocycles. The van der Waals surface area contributed by atoms with Gasteiger partial charge in [-0.25, -0.2) is 4.98 Å². The van der Waals surface area contributed by atoms with E-state index in [2.05, 4.69) is 11.1 Å². The van der Waals surface area contributed by atoms with Crippen molar-refractivity contribution in [2.75, 3.05) is 32.0 Å². The maximum absolute atomic E-state index is 12.9. The Kier molecular flexibility index (Phi) is 5.40. The summed E-state index contributed by atoms with van der Waals surface area (Å²) in [4.78, 5) is 21.8. The molecule has 0 unspecified atom stereocenters. The van der Waals surface area contributed by atoms with E-state index >= 15 is 0 Å². The molecule has 1 amide bonds. The molecule has 0 aromatic carbocycles. The third-order valence-corrected chi connectivity index (χ3v) is 7.13. The van der Waals surface area contributed by atoms with Crippen LogP contribution in [-0.2, 0) is 26.3 Å². The number of amides is 1. The van der Waals surface area contributed by atoms with Gasteiger partial charge in [-0.15, -0.1) is 11.3 Å². The summed E-state index contributed by atoms with van der Waals surface area (Å²) in [5, 5.41) is 0. The second kappa shape index (κ2) is 7.70. The SMILES string of the molecule is CCOC(C)(C)C(=O)N1CCC2(CC1)OCCc1sc(-c3cccc(N)n3)cc12. The molecule has 4 rings (SSSR count). The maximum atomic E-state index is 12.9. The lowest BCUT2D eigenvalue weighted by molar-refractivity contribution is -0.161. The van der Waals surface area contributed by atoms with Gasteiger partial charge in [0, 0.05) is 31.0 Å². The Hall–Kier alpha value is -1.96. The van der Waals surface area contributed by atoms with Crippen molar-refractivity contribution in [2.24, 2.45) is 0 Å². The summed E-state index contributed by atoms with van der Waals surface area (Å²) < 4.78 is 12.0. The predicted molar refractivity (Wildman–Crippen MR) is 115 cm³/mol. The monoisotopic (exact) mass is 415 g/mol. The molecule has 156 valence electrons. The van der Waals surface area contributed by atoms with Crippen LogP contribution in [0, 0.1) is 0 Å². The van der Waals surface area contributed by atoms with Crippen LogP contribution < -0.4 is 5.73 Å². The molecular weight excluding hydrogens is 386 g/mol. The Morgan fingerprint density at radius 1 is 1.38 bits per heavy atom. The van der Waals surface area contributed by atoms with Crippen molar-refractivity contribution in [2.45, 2.75) is 51.2 Å². The van der Waals surface area contributed by atoms with Gasteiger partial charge in [0.1, 0.15) is 11.4 Å². The van der Waals surface area contributed by atoms with Gasteiger partial charge in [0.05, 0.1) is 22.8 Å². The molecular formula is C22H29N3O3S. The first kappa shape index (κ1) is 20.3. The fraction of sp³-hybridized carbons (Fsp3) is 0.545. The minimum atomic E-state index is -0.785. The summed E-state index contributed by atoms with van der Waals surface area (Å²) in [6.07, 6.45) is 2.52. The minimum absolute atomic E-state index is 0.0557. The standard InChI is InChI=1S/C22H29N3O3S/c1-4-27-21(2,3)20(26)25-11-9-22(10-12-25)15-14-18(29-17(15)8-13-28-22)16-6-5-7-19(23)24-16/h5-7,14H,4,8-13H2,1-3H3,(H2,23,24). The number of hydrogen-bond donors (Lipinski definition) is 1. The van der Waals surface area contributed by atoms with E-state index in [0.29, 0.717) is 25.5 Å². The number of nitrogen functional groups attached to an aromatic ring is 1.